The molecule has 1 aromatic carbocycles. The third-order valence-corrected chi connectivity index (χ3v) is 4.44. The molecule has 0 radical (unpaired) electrons. The number of hydrogen-bond donors (Lipinski definition) is 1. The monoisotopic (exact) mass is 374 g/mol. The van der Waals surface area contributed by atoms with Gasteiger partial charge in [0.25, 0.3) is 0 Å². The second kappa shape index (κ2) is 7.48. The quantitative estimate of drug-likeness (QED) is 0.755. The van der Waals surface area contributed by atoms with Crippen molar-refractivity contribution >= 4 is 23.2 Å². The molecule has 2 amide bonds. The molecule has 2 aromatic heterocycles. The number of rotatable bonds is 4. The first-order valence-electron chi connectivity index (χ1n) is 8.84. The topological polar surface area (TPSA) is 87.8 Å². The summed E-state index contributed by atoms with van der Waals surface area (Å²) in [6.07, 6.45) is 5.42. The molecule has 0 aliphatic carbocycles. The molecule has 1 N–H and O–H groups in total. The van der Waals surface area contributed by atoms with Gasteiger partial charge in [-0.2, -0.15) is 5.10 Å². The summed E-state index contributed by atoms with van der Waals surface area (Å²) in [6.45, 7) is 1.46. The molecule has 0 saturated carbocycles. The van der Waals surface area contributed by atoms with Gasteiger partial charge in [-0.05, 0) is 41.5 Å². The molecule has 7 heteroatoms. The second-order valence-electron chi connectivity index (χ2n) is 6.44. The number of benzene rings is 1. The Balaban J connectivity index is 1.70. The van der Waals surface area contributed by atoms with E-state index in [1.807, 2.05) is 36.4 Å². The summed E-state index contributed by atoms with van der Waals surface area (Å²) >= 11 is 0. The van der Waals surface area contributed by atoms with Gasteiger partial charge in [-0.3, -0.25) is 14.6 Å². The predicted octanol–water partition coefficient (Wildman–Crippen LogP) is 3.62. The van der Waals surface area contributed by atoms with Crippen LogP contribution >= 0.6 is 0 Å². The van der Waals surface area contributed by atoms with E-state index in [4.69, 9.17) is 4.42 Å². The largest absolute Gasteiger partial charge is 0.459 e. The second-order valence-corrected chi connectivity index (χ2v) is 6.44. The van der Waals surface area contributed by atoms with Crippen LogP contribution in [0.25, 0.3) is 0 Å². The Morgan fingerprint density at radius 1 is 1.18 bits per heavy atom. The zero-order valence-electron chi connectivity index (χ0n) is 15.2. The van der Waals surface area contributed by atoms with Crippen LogP contribution in [0, 0.1) is 0 Å². The zero-order chi connectivity index (χ0) is 19.5. The van der Waals surface area contributed by atoms with Gasteiger partial charge in [-0.15, -0.1) is 0 Å². The van der Waals surface area contributed by atoms with Gasteiger partial charge in [0.2, 0.25) is 5.91 Å². The van der Waals surface area contributed by atoms with Crippen LogP contribution in [-0.2, 0) is 4.79 Å². The van der Waals surface area contributed by atoms with Crippen LogP contribution < -0.4 is 5.32 Å². The normalized spacial score (nSPS) is 16.0. The van der Waals surface area contributed by atoms with Crippen molar-refractivity contribution in [2.24, 2.45) is 5.10 Å². The lowest BCUT2D eigenvalue weighted by Gasteiger charge is -2.20. The molecule has 7 nitrogen and oxygen atoms in total. The number of nitrogens with zero attached hydrogens (tertiary/aromatic N) is 3. The lowest BCUT2D eigenvalue weighted by atomic mass is 9.99. The van der Waals surface area contributed by atoms with E-state index in [-0.39, 0.29) is 23.6 Å². The van der Waals surface area contributed by atoms with Crippen molar-refractivity contribution in [3.8, 4) is 0 Å². The van der Waals surface area contributed by atoms with E-state index in [1.165, 1.54) is 18.2 Å². The van der Waals surface area contributed by atoms with Gasteiger partial charge >= 0.3 is 5.91 Å². The molecule has 1 atom stereocenters. The first kappa shape index (κ1) is 17.7. The number of carbonyl (C=O) groups is 2. The van der Waals surface area contributed by atoms with E-state index < -0.39 is 0 Å². The molecule has 0 bridgehead atoms. The van der Waals surface area contributed by atoms with Crippen molar-refractivity contribution in [1.82, 2.24) is 9.99 Å². The number of anilines is 1. The highest BCUT2D eigenvalue weighted by Gasteiger charge is 2.34. The minimum Gasteiger partial charge on any atom is -0.459 e. The van der Waals surface area contributed by atoms with Crippen LogP contribution in [0.3, 0.4) is 0 Å². The molecule has 1 aliphatic heterocycles. The van der Waals surface area contributed by atoms with Crippen LogP contribution in [0.15, 0.2) is 76.7 Å². The number of pyridine rings is 1. The van der Waals surface area contributed by atoms with Crippen molar-refractivity contribution in [1.29, 1.82) is 0 Å². The van der Waals surface area contributed by atoms with E-state index in [2.05, 4.69) is 15.4 Å². The third-order valence-electron chi connectivity index (χ3n) is 4.44. The fourth-order valence-electron chi connectivity index (χ4n) is 3.20. The van der Waals surface area contributed by atoms with Gasteiger partial charge in [-0.1, -0.05) is 18.2 Å². The zero-order valence-corrected chi connectivity index (χ0v) is 15.2. The molecule has 4 rings (SSSR count). The molecule has 28 heavy (non-hydrogen) atoms. The summed E-state index contributed by atoms with van der Waals surface area (Å²) < 4.78 is 5.27. The maximum absolute atomic E-state index is 12.9. The Labute approximate surface area is 161 Å². The number of aromatic nitrogens is 1. The highest BCUT2D eigenvalue weighted by atomic mass is 16.3. The predicted molar refractivity (Wildman–Crippen MR) is 104 cm³/mol. The van der Waals surface area contributed by atoms with E-state index in [9.17, 15) is 9.59 Å². The molecule has 0 fully saturated rings. The number of amides is 2. The smallest absolute Gasteiger partial charge is 0.310 e. The fourth-order valence-corrected chi connectivity index (χ4v) is 3.20. The Hall–Kier alpha value is -3.74. The van der Waals surface area contributed by atoms with Crippen molar-refractivity contribution in [2.45, 2.75) is 19.4 Å². The van der Waals surface area contributed by atoms with Gasteiger partial charge in [0.05, 0.1) is 18.0 Å². The van der Waals surface area contributed by atoms with Crippen molar-refractivity contribution in [3.63, 3.8) is 0 Å². The summed E-state index contributed by atoms with van der Waals surface area (Å²) in [5.74, 6) is -0.230. The highest BCUT2D eigenvalue weighted by Crippen LogP contribution is 2.34. The molecule has 140 valence electrons. The molecular formula is C21H18N4O3. The van der Waals surface area contributed by atoms with Gasteiger partial charge in [0.15, 0.2) is 5.76 Å². The van der Waals surface area contributed by atoms with Crippen molar-refractivity contribution < 1.29 is 14.0 Å². The Morgan fingerprint density at radius 2 is 2.07 bits per heavy atom. The van der Waals surface area contributed by atoms with Crippen LogP contribution in [0.2, 0.25) is 0 Å². The van der Waals surface area contributed by atoms with Gasteiger partial charge in [-0.25, -0.2) is 5.01 Å². The Kier molecular flexibility index (Phi) is 4.72. The average molecular weight is 374 g/mol. The number of hydrogen-bond acceptors (Lipinski definition) is 5. The van der Waals surface area contributed by atoms with Gasteiger partial charge in [0.1, 0.15) is 0 Å². The number of hydrazone groups is 1. The summed E-state index contributed by atoms with van der Waals surface area (Å²) in [5.41, 5.74) is 3.16. The number of furan rings is 1. The Morgan fingerprint density at radius 3 is 2.79 bits per heavy atom. The summed E-state index contributed by atoms with van der Waals surface area (Å²) in [4.78, 5) is 28.4. The minimum atomic E-state index is -0.313. The summed E-state index contributed by atoms with van der Waals surface area (Å²) in [7, 11) is 0. The average Bonchev–Trinajstić information content (AvgIpc) is 3.38. The lowest BCUT2D eigenvalue weighted by Crippen LogP contribution is -2.26. The van der Waals surface area contributed by atoms with Crippen molar-refractivity contribution in [3.05, 3.63) is 84.1 Å². The maximum Gasteiger partial charge on any atom is 0.310 e. The molecule has 3 heterocycles. The van der Waals surface area contributed by atoms with E-state index in [0.29, 0.717) is 12.1 Å². The van der Waals surface area contributed by atoms with Crippen LogP contribution in [-0.4, -0.2) is 27.5 Å². The summed E-state index contributed by atoms with van der Waals surface area (Å²) in [6, 6.07) is 14.2. The molecule has 1 aliphatic rings. The van der Waals surface area contributed by atoms with Gasteiger partial charge < -0.3 is 9.73 Å². The van der Waals surface area contributed by atoms with E-state index >= 15 is 0 Å². The standard InChI is InChI=1S/C21H18N4O3/c1-14(26)23-17-7-2-5-15(11-17)18-12-19(16-6-3-9-22-13-16)25(24-18)21(27)20-8-4-10-28-20/h2-11,13,19H,12H2,1H3,(H,23,26)/t19-/m1/s1. The van der Waals surface area contributed by atoms with Crippen LogP contribution in [0.5, 0.6) is 0 Å². The molecule has 0 spiro atoms. The summed E-state index contributed by atoms with van der Waals surface area (Å²) in [5, 5.41) is 8.80. The van der Waals surface area contributed by atoms with E-state index in [0.717, 1.165) is 16.8 Å². The maximum atomic E-state index is 12.9. The lowest BCUT2D eigenvalue weighted by molar-refractivity contribution is -0.114. The molecule has 3 aromatic rings. The first-order valence-corrected chi connectivity index (χ1v) is 8.84. The molecule has 0 unspecified atom stereocenters. The molecular weight excluding hydrogens is 356 g/mol. The minimum absolute atomic E-state index is 0.145. The van der Waals surface area contributed by atoms with E-state index in [1.54, 1.807) is 24.5 Å². The van der Waals surface area contributed by atoms with Gasteiger partial charge in [0, 0.05) is 31.4 Å². The molecule has 0 saturated heterocycles. The van der Waals surface area contributed by atoms with Crippen LogP contribution in [0.1, 0.15) is 41.1 Å². The third kappa shape index (κ3) is 3.55. The highest BCUT2D eigenvalue weighted by molar-refractivity contribution is 6.05. The van der Waals surface area contributed by atoms with Crippen molar-refractivity contribution in [2.75, 3.05) is 5.32 Å². The number of carbonyl (C=O) groups excluding carboxylic acids is 2. The first-order chi connectivity index (χ1) is 13.6. The van der Waals surface area contributed by atoms with Crippen LogP contribution in [0.4, 0.5) is 5.69 Å². The SMILES string of the molecule is CC(=O)Nc1cccc(C2=NN(C(=O)c3ccco3)[C@@H](c3cccnc3)C2)c1. The fraction of sp³-hybridized carbons (Fsp3) is 0.143. The Bertz CT molecular complexity index is 1030. The number of nitrogens with one attached hydrogen (secondary N) is 1.